The monoisotopic (exact) mass is 493 g/mol. The second-order valence-electron chi connectivity index (χ2n) is 8.41. The molecule has 1 aromatic heterocycles. The number of anilines is 2. The third-order valence-corrected chi connectivity index (χ3v) is 6.62. The van der Waals surface area contributed by atoms with Gasteiger partial charge in [-0.25, -0.2) is 0 Å². The molecule has 2 amide bonds. The number of aromatic nitrogens is 2. The fraction of sp³-hybridized carbons (Fsp3) is 0.280. The zero-order chi connectivity index (χ0) is 24.5. The van der Waals surface area contributed by atoms with Gasteiger partial charge < -0.3 is 19.4 Å². The van der Waals surface area contributed by atoms with Gasteiger partial charge >= 0.3 is 0 Å². The van der Waals surface area contributed by atoms with E-state index >= 15 is 0 Å². The number of carbonyl (C=O) groups excluding carboxylic acids is 2. The molecule has 0 aliphatic carbocycles. The standard InChI is InChI=1S/C25H24ClN5O4/c1-17(32)30-16-22(35-21-10-6-5-9-19(21)30)24(33)29-13-11-28(12-14-29)20-15-27-31(25(34)23(20)26)18-7-3-2-4-8-18/h2-10,15,22H,11-14,16H2,1H3/t22-/m0/s1. The zero-order valence-electron chi connectivity index (χ0n) is 19.1. The lowest BCUT2D eigenvalue weighted by Crippen LogP contribution is -2.56. The van der Waals surface area contributed by atoms with Crippen LogP contribution in [-0.2, 0) is 9.59 Å². The zero-order valence-corrected chi connectivity index (χ0v) is 19.9. The molecule has 0 radical (unpaired) electrons. The lowest BCUT2D eigenvalue weighted by atomic mass is 10.1. The van der Waals surface area contributed by atoms with Crippen LogP contribution in [0.3, 0.4) is 0 Å². The van der Waals surface area contributed by atoms with Gasteiger partial charge in [0.05, 0.1) is 29.8 Å². The summed E-state index contributed by atoms with van der Waals surface area (Å²) in [5.41, 5.74) is 1.45. The number of nitrogens with zero attached hydrogens (tertiary/aromatic N) is 5. The third-order valence-electron chi connectivity index (χ3n) is 6.26. The molecule has 2 aromatic carbocycles. The van der Waals surface area contributed by atoms with E-state index in [4.69, 9.17) is 16.3 Å². The van der Waals surface area contributed by atoms with E-state index < -0.39 is 11.7 Å². The number of para-hydroxylation sites is 3. The van der Waals surface area contributed by atoms with E-state index in [1.54, 1.807) is 40.3 Å². The van der Waals surface area contributed by atoms with Crippen molar-refractivity contribution in [3.05, 3.63) is 76.2 Å². The molecule has 5 rings (SSSR count). The van der Waals surface area contributed by atoms with Gasteiger partial charge in [0.2, 0.25) is 5.91 Å². The van der Waals surface area contributed by atoms with Crippen molar-refractivity contribution in [1.29, 1.82) is 0 Å². The number of carbonyl (C=O) groups is 2. The molecular formula is C25H24ClN5O4. The number of piperazine rings is 1. The molecule has 9 nitrogen and oxygen atoms in total. The van der Waals surface area contributed by atoms with Gasteiger partial charge in [-0.2, -0.15) is 9.78 Å². The van der Waals surface area contributed by atoms with E-state index in [-0.39, 0.29) is 23.4 Å². The summed E-state index contributed by atoms with van der Waals surface area (Å²) in [4.78, 5) is 43.5. The minimum atomic E-state index is -0.777. The van der Waals surface area contributed by atoms with Gasteiger partial charge in [-0.3, -0.25) is 14.4 Å². The first-order valence-electron chi connectivity index (χ1n) is 11.3. The first kappa shape index (κ1) is 22.9. The van der Waals surface area contributed by atoms with Crippen molar-refractivity contribution in [2.45, 2.75) is 13.0 Å². The van der Waals surface area contributed by atoms with Gasteiger partial charge in [-0.1, -0.05) is 41.9 Å². The Morgan fingerprint density at radius 1 is 0.971 bits per heavy atom. The van der Waals surface area contributed by atoms with E-state index in [9.17, 15) is 14.4 Å². The Bertz CT molecular complexity index is 1320. The molecule has 0 unspecified atom stereocenters. The second-order valence-corrected chi connectivity index (χ2v) is 8.79. The second kappa shape index (κ2) is 9.42. The molecule has 3 aromatic rings. The molecule has 0 bridgehead atoms. The maximum absolute atomic E-state index is 13.2. The minimum Gasteiger partial charge on any atom is -0.476 e. The molecule has 0 saturated carbocycles. The van der Waals surface area contributed by atoms with Crippen LogP contribution in [0.4, 0.5) is 11.4 Å². The highest BCUT2D eigenvalue weighted by Crippen LogP contribution is 2.33. The van der Waals surface area contributed by atoms with Crippen molar-refractivity contribution in [3.8, 4) is 11.4 Å². The van der Waals surface area contributed by atoms with E-state index in [2.05, 4.69) is 5.10 Å². The molecular weight excluding hydrogens is 470 g/mol. The van der Waals surface area contributed by atoms with E-state index in [1.165, 1.54) is 11.6 Å². The molecule has 2 aliphatic rings. The van der Waals surface area contributed by atoms with E-state index in [0.717, 1.165) is 0 Å². The Hall–Kier alpha value is -3.85. The van der Waals surface area contributed by atoms with Crippen molar-refractivity contribution in [3.63, 3.8) is 0 Å². The highest BCUT2D eigenvalue weighted by Gasteiger charge is 2.36. The van der Waals surface area contributed by atoms with Crippen LogP contribution in [0.2, 0.25) is 5.02 Å². The molecule has 180 valence electrons. The average Bonchev–Trinajstić information content (AvgIpc) is 2.89. The highest BCUT2D eigenvalue weighted by molar-refractivity contribution is 6.33. The van der Waals surface area contributed by atoms with Crippen molar-refractivity contribution in [2.75, 3.05) is 42.5 Å². The van der Waals surface area contributed by atoms with E-state index in [1.807, 2.05) is 35.2 Å². The van der Waals surface area contributed by atoms with E-state index in [0.29, 0.717) is 49.0 Å². The summed E-state index contributed by atoms with van der Waals surface area (Å²) in [7, 11) is 0. The number of rotatable bonds is 3. The molecule has 1 fully saturated rings. The normalized spacial score (nSPS) is 17.5. The Morgan fingerprint density at radius 2 is 1.66 bits per heavy atom. The van der Waals surface area contributed by atoms with Crippen LogP contribution >= 0.6 is 11.6 Å². The average molecular weight is 494 g/mol. The Kier molecular flexibility index (Phi) is 6.17. The van der Waals surface area contributed by atoms with Gasteiger partial charge in [0.25, 0.3) is 11.5 Å². The smallest absolute Gasteiger partial charge is 0.292 e. The summed E-state index contributed by atoms with van der Waals surface area (Å²) < 4.78 is 7.22. The van der Waals surface area contributed by atoms with Crippen LogP contribution in [0.1, 0.15) is 6.92 Å². The van der Waals surface area contributed by atoms with Crippen molar-refractivity contribution >= 4 is 34.8 Å². The lowest BCUT2D eigenvalue weighted by molar-refractivity contribution is -0.139. The number of benzene rings is 2. The quantitative estimate of drug-likeness (QED) is 0.556. The summed E-state index contributed by atoms with van der Waals surface area (Å²) in [5, 5.41) is 4.39. The third kappa shape index (κ3) is 4.35. The summed E-state index contributed by atoms with van der Waals surface area (Å²) in [5.74, 6) is 0.202. The number of ether oxygens (including phenoxy) is 1. The SMILES string of the molecule is CC(=O)N1C[C@@H](C(=O)N2CCN(c3cnn(-c4ccccc4)c(=O)c3Cl)CC2)Oc2ccccc21. The molecule has 1 saturated heterocycles. The fourth-order valence-corrected chi connectivity index (χ4v) is 4.68. The minimum absolute atomic E-state index is 0.0907. The molecule has 35 heavy (non-hydrogen) atoms. The first-order valence-corrected chi connectivity index (χ1v) is 11.7. The van der Waals surface area contributed by atoms with Crippen LogP contribution in [0.15, 0.2) is 65.6 Å². The summed E-state index contributed by atoms with van der Waals surface area (Å²) in [6, 6.07) is 16.3. The lowest BCUT2D eigenvalue weighted by Gasteiger charge is -2.39. The topological polar surface area (TPSA) is 88.0 Å². The Labute approximate surface area is 207 Å². The van der Waals surface area contributed by atoms with Crippen LogP contribution in [0, 0.1) is 0 Å². The van der Waals surface area contributed by atoms with Crippen LogP contribution in [0.25, 0.3) is 5.69 Å². The number of fused-ring (bicyclic) bond motifs is 1. The van der Waals surface area contributed by atoms with Gasteiger partial charge in [0.1, 0.15) is 10.8 Å². The molecule has 3 heterocycles. The Balaban J connectivity index is 1.28. The molecule has 2 aliphatic heterocycles. The number of hydrogen-bond acceptors (Lipinski definition) is 6. The van der Waals surface area contributed by atoms with Crippen LogP contribution < -0.4 is 20.1 Å². The summed E-state index contributed by atoms with van der Waals surface area (Å²) in [6.07, 6.45) is 0.806. The maximum Gasteiger partial charge on any atom is 0.292 e. The van der Waals surface area contributed by atoms with Gasteiger partial charge in [-0.05, 0) is 24.3 Å². The van der Waals surface area contributed by atoms with Crippen LogP contribution in [-0.4, -0.2) is 65.3 Å². The van der Waals surface area contributed by atoms with Gasteiger partial charge in [-0.15, -0.1) is 0 Å². The predicted octanol–water partition coefficient (Wildman–Crippen LogP) is 2.35. The fourth-order valence-electron chi connectivity index (χ4n) is 4.43. The summed E-state index contributed by atoms with van der Waals surface area (Å²) >= 11 is 6.44. The number of amides is 2. The number of hydrogen-bond donors (Lipinski definition) is 0. The predicted molar refractivity (Wildman–Crippen MR) is 133 cm³/mol. The summed E-state index contributed by atoms with van der Waals surface area (Å²) in [6.45, 7) is 3.48. The Morgan fingerprint density at radius 3 is 2.37 bits per heavy atom. The molecule has 0 spiro atoms. The highest BCUT2D eigenvalue weighted by atomic mass is 35.5. The largest absolute Gasteiger partial charge is 0.476 e. The first-order chi connectivity index (χ1) is 16.9. The van der Waals surface area contributed by atoms with Crippen LogP contribution in [0.5, 0.6) is 5.75 Å². The van der Waals surface area contributed by atoms with Crippen molar-refractivity contribution in [1.82, 2.24) is 14.7 Å². The molecule has 1 atom stereocenters. The van der Waals surface area contributed by atoms with Crippen molar-refractivity contribution in [2.24, 2.45) is 0 Å². The maximum atomic E-state index is 13.2. The van der Waals surface area contributed by atoms with Crippen molar-refractivity contribution < 1.29 is 14.3 Å². The van der Waals surface area contributed by atoms with Gasteiger partial charge in [0.15, 0.2) is 6.10 Å². The number of halogens is 1. The molecule has 0 N–H and O–H groups in total. The van der Waals surface area contributed by atoms with Gasteiger partial charge in [0, 0.05) is 33.1 Å². The molecule has 10 heteroatoms.